The fourth-order valence-corrected chi connectivity index (χ4v) is 1.45. The summed E-state index contributed by atoms with van der Waals surface area (Å²) in [5.41, 5.74) is 11.6. The molecule has 0 radical (unpaired) electrons. The third-order valence-electron chi connectivity index (χ3n) is 2.88. The van der Waals surface area contributed by atoms with Crippen LogP contribution in [0, 0.1) is 11.8 Å². The second-order valence-corrected chi connectivity index (χ2v) is 3.79. The molecule has 0 rings (SSSR count). The molecule has 0 spiro atoms. The summed E-state index contributed by atoms with van der Waals surface area (Å²) in [6.45, 7) is 7.39. The van der Waals surface area contributed by atoms with Crippen molar-refractivity contribution in [3.05, 3.63) is 0 Å². The molecule has 0 heterocycles. The van der Waals surface area contributed by atoms with Crippen LogP contribution in [-0.2, 0) is 0 Å². The molecule has 12 heavy (non-hydrogen) atoms. The van der Waals surface area contributed by atoms with Gasteiger partial charge < -0.3 is 11.5 Å². The monoisotopic (exact) mass is 172 g/mol. The third kappa shape index (κ3) is 4.07. The van der Waals surface area contributed by atoms with Crippen LogP contribution >= 0.6 is 0 Å². The Labute approximate surface area is 76.7 Å². The Hall–Kier alpha value is -0.0800. The van der Waals surface area contributed by atoms with E-state index < -0.39 is 0 Å². The molecule has 0 fully saturated rings. The highest BCUT2D eigenvalue weighted by molar-refractivity contribution is 4.72. The van der Waals surface area contributed by atoms with Crippen LogP contribution in [0.15, 0.2) is 0 Å². The third-order valence-corrected chi connectivity index (χ3v) is 2.88. The van der Waals surface area contributed by atoms with E-state index in [0.717, 1.165) is 19.4 Å². The molecule has 0 saturated carbocycles. The molecule has 0 aromatic carbocycles. The molecule has 74 valence electrons. The predicted molar refractivity (Wildman–Crippen MR) is 54.9 cm³/mol. The zero-order valence-corrected chi connectivity index (χ0v) is 8.72. The minimum Gasteiger partial charge on any atom is -0.330 e. The lowest BCUT2D eigenvalue weighted by Gasteiger charge is -2.23. The Morgan fingerprint density at radius 2 is 1.75 bits per heavy atom. The standard InChI is InChI=1S/C10H24N2/c1-4-8(3)9(7-11)6-10(12)5-2/h8-10H,4-7,11-12H2,1-3H3. The van der Waals surface area contributed by atoms with Gasteiger partial charge in [0.15, 0.2) is 0 Å². The quantitative estimate of drug-likeness (QED) is 0.641. The number of rotatable bonds is 6. The normalized spacial score (nSPS) is 18.8. The molecule has 2 heteroatoms. The lowest BCUT2D eigenvalue weighted by molar-refractivity contribution is 0.310. The van der Waals surface area contributed by atoms with Gasteiger partial charge in [-0.1, -0.05) is 27.2 Å². The first-order valence-corrected chi connectivity index (χ1v) is 5.11. The van der Waals surface area contributed by atoms with Crippen LogP contribution in [0.5, 0.6) is 0 Å². The minimum atomic E-state index is 0.340. The fourth-order valence-electron chi connectivity index (χ4n) is 1.45. The summed E-state index contributed by atoms with van der Waals surface area (Å²) in [4.78, 5) is 0. The molecular weight excluding hydrogens is 148 g/mol. The van der Waals surface area contributed by atoms with Crippen LogP contribution in [-0.4, -0.2) is 12.6 Å². The van der Waals surface area contributed by atoms with Crippen LogP contribution in [0.2, 0.25) is 0 Å². The molecule has 3 unspecified atom stereocenters. The molecule has 0 saturated heterocycles. The van der Waals surface area contributed by atoms with Gasteiger partial charge in [-0.3, -0.25) is 0 Å². The average Bonchev–Trinajstić information content (AvgIpc) is 2.12. The van der Waals surface area contributed by atoms with Gasteiger partial charge in [0.2, 0.25) is 0 Å². The van der Waals surface area contributed by atoms with Crippen LogP contribution in [0.25, 0.3) is 0 Å². The highest BCUT2D eigenvalue weighted by Crippen LogP contribution is 2.19. The van der Waals surface area contributed by atoms with Gasteiger partial charge in [0.05, 0.1) is 0 Å². The molecule has 0 aliphatic heterocycles. The summed E-state index contributed by atoms with van der Waals surface area (Å²) in [5, 5.41) is 0. The van der Waals surface area contributed by atoms with Crippen LogP contribution < -0.4 is 11.5 Å². The van der Waals surface area contributed by atoms with E-state index in [2.05, 4.69) is 20.8 Å². The van der Waals surface area contributed by atoms with Gasteiger partial charge in [-0.2, -0.15) is 0 Å². The Morgan fingerprint density at radius 1 is 1.17 bits per heavy atom. The van der Waals surface area contributed by atoms with E-state index in [4.69, 9.17) is 11.5 Å². The van der Waals surface area contributed by atoms with Gasteiger partial charge in [-0.15, -0.1) is 0 Å². The van der Waals surface area contributed by atoms with Crippen LogP contribution in [0.4, 0.5) is 0 Å². The predicted octanol–water partition coefficient (Wildman–Crippen LogP) is 1.73. The molecule has 0 aromatic heterocycles. The summed E-state index contributed by atoms with van der Waals surface area (Å²) < 4.78 is 0. The van der Waals surface area contributed by atoms with Crippen molar-refractivity contribution in [2.24, 2.45) is 23.3 Å². The summed E-state index contributed by atoms with van der Waals surface area (Å²) >= 11 is 0. The fraction of sp³-hybridized carbons (Fsp3) is 1.00. The maximum absolute atomic E-state index is 5.89. The Balaban J connectivity index is 3.81. The van der Waals surface area contributed by atoms with Crippen molar-refractivity contribution in [2.75, 3.05) is 6.54 Å². The van der Waals surface area contributed by atoms with Gasteiger partial charge in [0.25, 0.3) is 0 Å². The topological polar surface area (TPSA) is 52.0 Å². The minimum absolute atomic E-state index is 0.340. The van der Waals surface area contributed by atoms with E-state index in [0.29, 0.717) is 17.9 Å². The molecule has 0 amide bonds. The maximum Gasteiger partial charge on any atom is 0.00394 e. The first-order valence-electron chi connectivity index (χ1n) is 5.11. The Bertz CT molecular complexity index is 104. The van der Waals surface area contributed by atoms with Gasteiger partial charge in [0.1, 0.15) is 0 Å². The summed E-state index contributed by atoms with van der Waals surface area (Å²) in [6.07, 6.45) is 3.35. The smallest absolute Gasteiger partial charge is 0.00394 e. The van der Waals surface area contributed by atoms with Crippen molar-refractivity contribution < 1.29 is 0 Å². The maximum atomic E-state index is 5.89. The SMILES string of the molecule is CCC(N)CC(CN)C(C)CC. The van der Waals surface area contributed by atoms with E-state index >= 15 is 0 Å². The average molecular weight is 172 g/mol. The van der Waals surface area contributed by atoms with Crippen molar-refractivity contribution in [3.63, 3.8) is 0 Å². The second kappa shape index (κ2) is 6.44. The van der Waals surface area contributed by atoms with E-state index in [9.17, 15) is 0 Å². The van der Waals surface area contributed by atoms with Crippen molar-refractivity contribution in [2.45, 2.75) is 46.1 Å². The first kappa shape index (κ1) is 11.9. The lowest BCUT2D eigenvalue weighted by atomic mass is 9.86. The molecule has 0 aliphatic rings. The van der Waals surface area contributed by atoms with Crippen LogP contribution in [0.1, 0.15) is 40.0 Å². The zero-order chi connectivity index (χ0) is 9.56. The first-order chi connectivity index (χ1) is 5.65. The molecule has 2 nitrogen and oxygen atoms in total. The molecule has 3 atom stereocenters. The number of hydrogen-bond acceptors (Lipinski definition) is 2. The zero-order valence-electron chi connectivity index (χ0n) is 8.72. The van der Waals surface area contributed by atoms with E-state index in [-0.39, 0.29) is 0 Å². The van der Waals surface area contributed by atoms with E-state index in [1.165, 1.54) is 6.42 Å². The van der Waals surface area contributed by atoms with Gasteiger partial charge in [-0.25, -0.2) is 0 Å². The molecule has 0 aromatic rings. The Morgan fingerprint density at radius 3 is 2.08 bits per heavy atom. The van der Waals surface area contributed by atoms with Gasteiger partial charge in [-0.05, 0) is 31.2 Å². The van der Waals surface area contributed by atoms with Crippen molar-refractivity contribution in [1.29, 1.82) is 0 Å². The highest BCUT2D eigenvalue weighted by Gasteiger charge is 2.16. The molecule has 0 bridgehead atoms. The summed E-state index contributed by atoms with van der Waals surface area (Å²) in [5.74, 6) is 1.33. The number of nitrogens with two attached hydrogens (primary N) is 2. The highest BCUT2D eigenvalue weighted by atomic mass is 14.6. The molecular formula is C10H24N2. The number of hydrogen-bond donors (Lipinski definition) is 2. The second-order valence-electron chi connectivity index (χ2n) is 3.79. The molecule has 4 N–H and O–H groups in total. The van der Waals surface area contributed by atoms with Crippen molar-refractivity contribution in [1.82, 2.24) is 0 Å². The van der Waals surface area contributed by atoms with Gasteiger partial charge in [0, 0.05) is 6.04 Å². The molecule has 0 aliphatic carbocycles. The summed E-state index contributed by atoms with van der Waals surface area (Å²) in [7, 11) is 0. The van der Waals surface area contributed by atoms with E-state index in [1.807, 2.05) is 0 Å². The summed E-state index contributed by atoms with van der Waals surface area (Å²) in [6, 6.07) is 0.340. The van der Waals surface area contributed by atoms with Crippen molar-refractivity contribution >= 4 is 0 Å². The van der Waals surface area contributed by atoms with E-state index in [1.54, 1.807) is 0 Å². The largest absolute Gasteiger partial charge is 0.330 e. The Kier molecular flexibility index (Phi) is 6.39. The lowest BCUT2D eigenvalue weighted by Crippen LogP contribution is -2.30. The van der Waals surface area contributed by atoms with Crippen LogP contribution in [0.3, 0.4) is 0 Å². The van der Waals surface area contributed by atoms with Gasteiger partial charge >= 0.3 is 0 Å². The van der Waals surface area contributed by atoms with Crippen molar-refractivity contribution in [3.8, 4) is 0 Å².